The van der Waals surface area contributed by atoms with Gasteiger partial charge >= 0.3 is 0 Å². The zero-order valence-electron chi connectivity index (χ0n) is 18.3. The smallest absolute Gasteiger partial charge is 0.249 e. The molecule has 0 bridgehead atoms. The van der Waals surface area contributed by atoms with Crippen LogP contribution in [0.3, 0.4) is 0 Å². The van der Waals surface area contributed by atoms with Crippen molar-refractivity contribution < 1.29 is 14.3 Å². The molecule has 1 amide bonds. The summed E-state index contributed by atoms with van der Waals surface area (Å²) in [6.07, 6.45) is 5.46. The third-order valence-electron chi connectivity index (χ3n) is 5.74. The third-order valence-corrected chi connectivity index (χ3v) is 6.05. The van der Waals surface area contributed by atoms with Crippen LogP contribution < -0.4 is 10.1 Å². The summed E-state index contributed by atoms with van der Waals surface area (Å²) >= 11 is 6.20. The number of ether oxygens (including phenoxy) is 2. The number of carbonyl (C=O) groups excluding carboxylic acids is 1. The van der Waals surface area contributed by atoms with Crippen LogP contribution in [0.5, 0.6) is 5.75 Å². The van der Waals surface area contributed by atoms with Crippen molar-refractivity contribution >= 4 is 28.5 Å². The topological polar surface area (TPSA) is 65.4 Å². The summed E-state index contributed by atoms with van der Waals surface area (Å²) < 4.78 is 13.6. The minimum Gasteiger partial charge on any atom is -0.490 e. The standard InChI is InChI=1S/C25H30ClN3O3/c26-19-9-3-6-12-22(19)32-18-16-29-21-11-5-4-10-20(21)28-24(29)14-2-1-7-15-27-25(30)23-13-8-17-31-23/h3-6,9-12,23H,1-2,7-8,13-18H2,(H,27,30). The summed E-state index contributed by atoms with van der Waals surface area (Å²) in [5.41, 5.74) is 2.12. The van der Waals surface area contributed by atoms with Crippen molar-refractivity contribution in [2.24, 2.45) is 0 Å². The SMILES string of the molecule is O=C(NCCCCCc1nc2ccccc2n1CCOc1ccccc1Cl)C1CCCO1. The molecule has 0 spiro atoms. The van der Waals surface area contributed by atoms with Crippen molar-refractivity contribution in [1.29, 1.82) is 0 Å². The maximum Gasteiger partial charge on any atom is 0.249 e. The molecule has 1 fully saturated rings. The van der Waals surface area contributed by atoms with E-state index in [0.717, 1.165) is 55.4 Å². The zero-order chi connectivity index (χ0) is 22.2. The summed E-state index contributed by atoms with van der Waals surface area (Å²) in [4.78, 5) is 16.8. The molecule has 32 heavy (non-hydrogen) atoms. The molecule has 1 aliphatic rings. The van der Waals surface area contributed by atoms with Gasteiger partial charge in [0.2, 0.25) is 5.91 Å². The van der Waals surface area contributed by atoms with Crippen LogP contribution in [0.1, 0.15) is 37.9 Å². The van der Waals surface area contributed by atoms with Crippen LogP contribution in [0.4, 0.5) is 0 Å². The molecule has 1 unspecified atom stereocenters. The lowest BCUT2D eigenvalue weighted by Crippen LogP contribution is -2.34. The Hall–Kier alpha value is -2.57. The molecule has 0 aliphatic carbocycles. The van der Waals surface area contributed by atoms with Crippen LogP contribution in [0.2, 0.25) is 5.02 Å². The highest BCUT2D eigenvalue weighted by atomic mass is 35.5. The van der Waals surface area contributed by atoms with Gasteiger partial charge in [0, 0.05) is 19.6 Å². The predicted octanol–water partition coefficient (Wildman–Crippen LogP) is 4.78. The minimum absolute atomic E-state index is 0.0304. The number of unbranched alkanes of at least 4 members (excludes halogenated alkanes) is 2. The Kier molecular flexibility index (Phi) is 8.02. The van der Waals surface area contributed by atoms with Gasteiger partial charge in [-0.15, -0.1) is 0 Å². The number of benzene rings is 2. The van der Waals surface area contributed by atoms with Crippen molar-refractivity contribution in [1.82, 2.24) is 14.9 Å². The molecule has 2 heterocycles. The highest BCUT2D eigenvalue weighted by molar-refractivity contribution is 6.32. The second-order valence-corrected chi connectivity index (χ2v) is 8.46. The lowest BCUT2D eigenvalue weighted by molar-refractivity contribution is -0.130. The zero-order valence-corrected chi connectivity index (χ0v) is 19.0. The quantitative estimate of drug-likeness (QED) is 0.423. The molecule has 0 radical (unpaired) electrons. The van der Waals surface area contributed by atoms with E-state index in [1.807, 2.05) is 42.5 Å². The van der Waals surface area contributed by atoms with E-state index in [9.17, 15) is 4.79 Å². The van der Waals surface area contributed by atoms with Crippen molar-refractivity contribution in [3.05, 3.63) is 59.4 Å². The van der Waals surface area contributed by atoms with E-state index in [1.54, 1.807) is 0 Å². The largest absolute Gasteiger partial charge is 0.490 e. The second-order valence-electron chi connectivity index (χ2n) is 8.05. The highest BCUT2D eigenvalue weighted by Crippen LogP contribution is 2.24. The van der Waals surface area contributed by atoms with E-state index >= 15 is 0 Å². The highest BCUT2D eigenvalue weighted by Gasteiger charge is 2.22. The number of aryl methyl sites for hydroxylation is 1. The van der Waals surface area contributed by atoms with Gasteiger partial charge in [-0.3, -0.25) is 4.79 Å². The van der Waals surface area contributed by atoms with Crippen LogP contribution >= 0.6 is 11.6 Å². The number of fused-ring (bicyclic) bond motifs is 1. The van der Waals surface area contributed by atoms with Crippen LogP contribution in [-0.2, 0) is 22.5 Å². The first kappa shape index (κ1) is 22.6. The van der Waals surface area contributed by atoms with Gasteiger partial charge in [-0.2, -0.15) is 0 Å². The number of nitrogens with zero attached hydrogens (tertiary/aromatic N) is 2. The Morgan fingerprint density at radius 2 is 2.00 bits per heavy atom. The van der Waals surface area contributed by atoms with E-state index in [2.05, 4.69) is 16.0 Å². The molecule has 2 aromatic carbocycles. The first-order valence-electron chi connectivity index (χ1n) is 11.4. The number of amides is 1. The number of rotatable bonds is 11. The van der Waals surface area contributed by atoms with Gasteiger partial charge in [0.05, 0.1) is 22.6 Å². The van der Waals surface area contributed by atoms with Crippen LogP contribution in [0.15, 0.2) is 48.5 Å². The van der Waals surface area contributed by atoms with Crippen molar-refractivity contribution in [3.8, 4) is 5.75 Å². The summed E-state index contributed by atoms with van der Waals surface area (Å²) in [7, 11) is 0. The maximum absolute atomic E-state index is 12.0. The molecule has 170 valence electrons. The number of imidazole rings is 1. The lowest BCUT2D eigenvalue weighted by atomic mass is 10.2. The van der Waals surface area contributed by atoms with E-state index in [1.165, 1.54) is 0 Å². The molecule has 7 heteroatoms. The average Bonchev–Trinajstić information content (AvgIpc) is 3.46. The number of nitrogens with one attached hydrogen (secondary N) is 1. The van der Waals surface area contributed by atoms with Gasteiger partial charge in [0.15, 0.2) is 0 Å². The van der Waals surface area contributed by atoms with Crippen molar-refractivity contribution in [2.75, 3.05) is 19.8 Å². The van der Waals surface area contributed by atoms with E-state index < -0.39 is 0 Å². The van der Waals surface area contributed by atoms with Gasteiger partial charge in [-0.1, -0.05) is 42.3 Å². The van der Waals surface area contributed by atoms with E-state index in [-0.39, 0.29) is 12.0 Å². The summed E-state index contributed by atoms with van der Waals surface area (Å²) in [5.74, 6) is 1.80. The molecular weight excluding hydrogens is 426 g/mol. The van der Waals surface area contributed by atoms with Crippen LogP contribution in [-0.4, -0.2) is 41.3 Å². The molecule has 1 aromatic heterocycles. The molecule has 1 aliphatic heterocycles. The fraction of sp³-hybridized carbons (Fsp3) is 0.440. The van der Waals surface area contributed by atoms with Gasteiger partial charge in [-0.25, -0.2) is 4.98 Å². The molecule has 6 nitrogen and oxygen atoms in total. The Morgan fingerprint density at radius 3 is 2.84 bits per heavy atom. The fourth-order valence-electron chi connectivity index (χ4n) is 4.07. The molecule has 3 aromatic rings. The molecule has 4 rings (SSSR count). The van der Waals surface area contributed by atoms with Gasteiger partial charge in [0.25, 0.3) is 0 Å². The number of aromatic nitrogens is 2. The van der Waals surface area contributed by atoms with Crippen molar-refractivity contribution in [3.63, 3.8) is 0 Å². The summed E-state index contributed by atoms with van der Waals surface area (Å²) in [6, 6.07) is 15.7. The normalized spacial score (nSPS) is 15.8. The van der Waals surface area contributed by atoms with E-state index in [4.69, 9.17) is 26.1 Å². The lowest BCUT2D eigenvalue weighted by Gasteiger charge is -2.12. The maximum atomic E-state index is 12.0. The Labute approximate surface area is 193 Å². The summed E-state index contributed by atoms with van der Waals surface area (Å²) in [5, 5.41) is 3.61. The number of para-hydroxylation sites is 3. The Morgan fingerprint density at radius 1 is 1.16 bits per heavy atom. The first-order valence-corrected chi connectivity index (χ1v) is 11.8. The van der Waals surface area contributed by atoms with Crippen molar-refractivity contribution in [2.45, 2.75) is 51.2 Å². The van der Waals surface area contributed by atoms with Gasteiger partial charge in [0.1, 0.15) is 24.3 Å². The summed E-state index contributed by atoms with van der Waals surface area (Å²) in [6.45, 7) is 2.62. The van der Waals surface area contributed by atoms with Gasteiger partial charge in [-0.05, 0) is 49.9 Å². The number of hydrogen-bond acceptors (Lipinski definition) is 4. The number of carbonyl (C=O) groups is 1. The molecule has 1 N–H and O–H groups in total. The van der Waals surface area contributed by atoms with Crippen LogP contribution in [0.25, 0.3) is 11.0 Å². The predicted molar refractivity (Wildman–Crippen MR) is 126 cm³/mol. The van der Waals surface area contributed by atoms with Crippen LogP contribution in [0, 0.1) is 0 Å². The Balaban J connectivity index is 1.27. The third kappa shape index (κ3) is 5.81. The number of hydrogen-bond donors (Lipinski definition) is 1. The molecule has 0 saturated carbocycles. The molecule has 1 saturated heterocycles. The number of halogens is 1. The fourth-order valence-corrected chi connectivity index (χ4v) is 4.26. The van der Waals surface area contributed by atoms with E-state index in [0.29, 0.717) is 37.1 Å². The molecular formula is C25H30ClN3O3. The second kappa shape index (κ2) is 11.3. The monoisotopic (exact) mass is 455 g/mol. The average molecular weight is 456 g/mol. The minimum atomic E-state index is -0.247. The Bertz CT molecular complexity index is 1030. The molecule has 1 atom stereocenters. The first-order chi connectivity index (χ1) is 15.7. The van der Waals surface area contributed by atoms with Gasteiger partial charge < -0.3 is 19.4 Å².